The molecule has 1 N–H and O–H groups in total. The molecule has 0 spiro atoms. The van der Waals surface area contributed by atoms with Crippen molar-refractivity contribution in [1.29, 1.82) is 0 Å². The standard InChI is InChI=1S/C32H33BF3NO5/c1-30(2)31(3,4)42-33(41-30)21(16-20-14-15-27(32(34,35)36)28(17-20)39-5)18-37-29(38)40-19-26-24-12-8-6-10-22(24)23-11-7-9-13-25(23)26/h6-17,26H,18-19H2,1-5H3,(H,37,38). The van der Waals surface area contributed by atoms with Crippen LogP contribution in [0.25, 0.3) is 17.2 Å². The Morgan fingerprint density at radius 1 is 0.952 bits per heavy atom. The molecule has 2 aliphatic rings. The minimum atomic E-state index is -4.56. The first-order valence-corrected chi connectivity index (χ1v) is 13.7. The first-order chi connectivity index (χ1) is 19.8. The largest absolute Gasteiger partial charge is 0.496 e. The number of alkyl carbamates (subject to hydrolysis) is 1. The average Bonchev–Trinajstić information content (AvgIpc) is 3.37. The van der Waals surface area contributed by atoms with Crippen LogP contribution < -0.4 is 10.1 Å². The molecule has 1 heterocycles. The summed E-state index contributed by atoms with van der Waals surface area (Å²) in [6.45, 7) is 7.70. The van der Waals surface area contributed by atoms with E-state index < -0.39 is 36.2 Å². The topological polar surface area (TPSA) is 66.0 Å². The van der Waals surface area contributed by atoms with Gasteiger partial charge in [-0.15, -0.1) is 0 Å². The van der Waals surface area contributed by atoms with Crippen LogP contribution in [-0.4, -0.2) is 44.7 Å². The highest BCUT2D eigenvalue weighted by Crippen LogP contribution is 2.44. The van der Waals surface area contributed by atoms with E-state index >= 15 is 0 Å². The van der Waals surface area contributed by atoms with Gasteiger partial charge >= 0.3 is 19.4 Å². The van der Waals surface area contributed by atoms with Crippen LogP contribution in [0.5, 0.6) is 5.75 Å². The van der Waals surface area contributed by atoms with Crippen LogP contribution in [-0.2, 0) is 20.2 Å². The van der Waals surface area contributed by atoms with E-state index in [1.807, 2.05) is 64.1 Å². The highest BCUT2D eigenvalue weighted by Gasteiger charge is 2.52. The van der Waals surface area contributed by atoms with Crippen LogP contribution in [0.4, 0.5) is 18.0 Å². The van der Waals surface area contributed by atoms with E-state index in [0.29, 0.717) is 11.0 Å². The number of fused-ring (bicyclic) bond motifs is 3. The van der Waals surface area contributed by atoms with Crippen LogP contribution in [0.3, 0.4) is 0 Å². The quantitative estimate of drug-likeness (QED) is 0.299. The highest BCUT2D eigenvalue weighted by molar-refractivity contribution is 6.56. The maximum atomic E-state index is 13.4. The maximum absolute atomic E-state index is 13.4. The molecule has 42 heavy (non-hydrogen) atoms. The van der Waals surface area contributed by atoms with Gasteiger partial charge in [0.15, 0.2) is 0 Å². The molecule has 0 atom stereocenters. The lowest BCUT2D eigenvalue weighted by Crippen LogP contribution is -2.41. The van der Waals surface area contributed by atoms with Crippen molar-refractivity contribution in [3.8, 4) is 16.9 Å². The zero-order chi connectivity index (χ0) is 30.3. The number of rotatable bonds is 7. The molecule has 0 unspecified atom stereocenters. The second kappa shape index (κ2) is 11.1. The molecular formula is C32H33BF3NO5. The summed E-state index contributed by atoms with van der Waals surface area (Å²) in [7, 11) is 0.337. The zero-order valence-electron chi connectivity index (χ0n) is 24.2. The molecule has 0 saturated carbocycles. The number of hydrogen-bond donors (Lipinski definition) is 1. The van der Waals surface area contributed by atoms with E-state index in [-0.39, 0.29) is 24.8 Å². The zero-order valence-corrected chi connectivity index (χ0v) is 24.2. The van der Waals surface area contributed by atoms with E-state index in [1.165, 1.54) is 19.2 Å². The Morgan fingerprint density at radius 3 is 2.07 bits per heavy atom. The molecule has 3 aromatic carbocycles. The van der Waals surface area contributed by atoms with E-state index in [9.17, 15) is 18.0 Å². The molecule has 0 radical (unpaired) electrons. The van der Waals surface area contributed by atoms with Crippen molar-refractivity contribution in [1.82, 2.24) is 5.32 Å². The number of carbonyl (C=O) groups excluding carboxylic acids is 1. The molecule has 1 fully saturated rings. The molecule has 1 aliphatic heterocycles. The fourth-order valence-electron chi connectivity index (χ4n) is 5.27. The van der Waals surface area contributed by atoms with Gasteiger partial charge in [-0.1, -0.05) is 60.7 Å². The third-order valence-corrected chi connectivity index (χ3v) is 8.22. The molecule has 0 aromatic heterocycles. The Balaban J connectivity index is 1.34. The summed E-state index contributed by atoms with van der Waals surface area (Å²) >= 11 is 0. The Labute approximate surface area is 244 Å². The summed E-state index contributed by atoms with van der Waals surface area (Å²) in [4.78, 5) is 12.9. The van der Waals surface area contributed by atoms with Crippen LogP contribution >= 0.6 is 0 Å². The predicted molar refractivity (Wildman–Crippen MR) is 155 cm³/mol. The van der Waals surface area contributed by atoms with Crippen molar-refractivity contribution in [2.45, 2.75) is 51.0 Å². The van der Waals surface area contributed by atoms with Gasteiger partial charge in [0.05, 0.1) is 23.9 Å². The Hall–Kier alpha value is -3.76. The molecular weight excluding hydrogens is 546 g/mol. The van der Waals surface area contributed by atoms with E-state index in [1.54, 1.807) is 6.08 Å². The van der Waals surface area contributed by atoms with Gasteiger partial charge in [-0.3, -0.25) is 0 Å². The first-order valence-electron chi connectivity index (χ1n) is 13.7. The molecule has 1 amide bonds. The van der Waals surface area contributed by atoms with Crippen LogP contribution in [0.2, 0.25) is 0 Å². The lowest BCUT2D eigenvalue weighted by atomic mass is 9.77. The van der Waals surface area contributed by atoms with Crippen LogP contribution in [0, 0.1) is 0 Å². The maximum Gasteiger partial charge on any atom is 0.492 e. The summed E-state index contributed by atoms with van der Waals surface area (Å²) in [6.07, 6.45) is -3.56. The number of methoxy groups -OCH3 is 1. The predicted octanol–water partition coefficient (Wildman–Crippen LogP) is 7.27. The third-order valence-electron chi connectivity index (χ3n) is 8.22. The van der Waals surface area contributed by atoms with Crippen LogP contribution in [0.15, 0.2) is 72.2 Å². The summed E-state index contributed by atoms with van der Waals surface area (Å²) < 4.78 is 63.3. The number of benzene rings is 3. The monoisotopic (exact) mass is 579 g/mol. The molecule has 0 bridgehead atoms. The van der Waals surface area contributed by atoms with Crippen molar-refractivity contribution < 1.29 is 36.7 Å². The summed E-state index contributed by atoms with van der Waals surface area (Å²) in [5, 5.41) is 2.77. The lowest BCUT2D eigenvalue weighted by molar-refractivity contribution is -0.138. The number of halogens is 3. The smallest absolute Gasteiger partial charge is 0.492 e. The minimum Gasteiger partial charge on any atom is -0.496 e. The van der Waals surface area contributed by atoms with Crippen molar-refractivity contribution >= 4 is 19.3 Å². The molecule has 6 nitrogen and oxygen atoms in total. The Kier molecular flexibility index (Phi) is 7.89. The number of carbonyl (C=O) groups is 1. The molecule has 1 aliphatic carbocycles. The van der Waals surface area contributed by atoms with Crippen molar-refractivity contribution in [3.05, 3.63) is 94.5 Å². The average molecular weight is 579 g/mol. The molecule has 1 saturated heterocycles. The van der Waals surface area contributed by atoms with Crippen molar-refractivity contribution in [3.63, 3.8) is 0 Å². The fraction of sp³-hybridized carbons (Fsp3) is 0.344. The van der Waals surface area contributed by atoms with Gasteiger partial charge in [0.25, 0.3) is 0 Å². The molecule has 220 valence electrons. The normalized spacial score (nSPS) is 17.5. The van der Waals surface area contributed by atoms with Crippen molar-refractivity contribution in [2.75, 3.05) is 20.3 Å². The van der Waals surface area contributed by atoms with Gasteiger partial charge in [0.2, 0.25) is 0 Å². The summed E-state index contributed by atoms with van der Waals surface area (Å²) in [5.41, 5.74) is 3.16. The third kappa shape index (κ3) is 5.78. The van der Waals surface area contributed by atoms with Crippen molar-refractivity contribution in [2.24, 2.45) is 0 Å². The van der Waals surface area contributed by atoms with E-state index in [0.717, 1.165) is 28.3 Å². The van der Waals surface area contributed by atoms with Gasteiger partial charge in [0.1, 0.15) is 12.4 Å². The summed E-state index contributed by atoms with van der Waals surface area (Å²) in [6, 6.07) is 19.7. The number of amides is 1. The number of hydrogen-bond acceptors (Lipinski definition) is 5. The van der Waals surface area contributed by atoms with E-state index in [4.69, 9.17) is 18.8 Å². The molecule has 5 rings (SSSR count). The molecule has 3 aromatic rings. The second-order valence-electron chi connectivity index (χ2n) is 11.4. The van der Waals surface area contributed by atoms with Gasteiger partial charge in [0, 0.05) is 12.5 Å². The van der Waals surface area contributed by atoms with Gasteiger partial charge in [-0.2, -0.15) is 13.2 Å². The summed E-state index contributed by atoms with van der Waals surface area (Å²) in [5.74, 6) is -0.408. The SMILES string of the molecule is COc1cc(C=C(CNC(=O)OCC2c3ccccc3-c3ccccc32)B2OC(C)(C)C(C)(C)O2)ccc1C(F)(F)F. The first kappa shape index (κ1) is 29.7. The fourth-order valence-corrected chi connectivity index (χ4v) is 5.27. The highest BCUT2D eigenvalue weighted by atomic mass is 19.4. The number of nitrogens with one attached hydrogen (secondary N) is 1. The minimum absolute atomic E-state index is 0.0170. The van der Waals surface area contributed by atoms with Crippen LogP contribution in [0.1, 0.15) is 55.9 Å². The Morgan fingerprint density at radius 2 is 1.52 bits per heavy atom. The molecule has 10 heteroatoms. The van der Waals surface area contributed by atoms with Gasteiger partial charge < -0.3 is 24.1 Å². The lowest BCUT2D eigenvalue weighted by Gasteiger charge is -2.32. The number of alkyl halides is 3. The van der Waals surface area contributed by atoms with Gasteiger partial charge in [-0.25, -0.2) is 4.79 Å². The second-order valence-corrected chi connectivity index (χ2v) is 11.4. The van der Waals surface area contributed by atoms with E-state index in [2.05, 4.69) is 17.4 Å². The number of ether oxygens (including phenoxy) is 2. The Bertz CT molecular complexity index is 1460. The van der Waals surface area contributed by atoms with Gasteiger partial charge in [-0.05, 0) is 73.1 Å².